The van der Waals surface area contributed by atoms with E-state index in [-0.39, 0.29) is 25.1 Å². The third-order valence-electron chi connectivity index (χ3n) is 5.12. The minimum Gasteiger partial charge on any atom is -0.491 e. The highest BCUT2D eigenvalue weighted by Gasteiger charge is 2.30. The molecule has 0 aromatic heterocycles. The van der Waals surface area contributed by atoms with Gasteiger partial charge < -0.3 is 9.64 Å². The van der Waals surface area contributed by atoms with Crippen LogP contribution in [0.2, 0.25) is 0 Å². The molecule has 1 heterocycles. The molecule has 7 heteroatoms. The lowest BCUT2D eigenvalue weighted by Gasteiger charge is -2.34. The number of amides is 1. The maximum atomic E-state index is 12.9. The summed E-state index contributed by atoms with van der Waals surface area (Å²) in [6.07, 6.45) is 0.0731. The largest absolute Gasteiger partial charge is 0.491 e. The number of nitrogens with zero attached hydrogens (tertiary/aromatic N) is 2. The van der Waals surface area contributed by atoms with Gasteiger partial charge in [0.05, 0.1) is 11.0 Å². The number of aryl methyl sites for hydroxylation is 2. The van der Waals surface area contributed by atoms with Crippen molar-refractivity contribution >= 4 is 15.9 Å². The second-order valence-electron chi connectivity index (χ2n) is 7.63. The van der Waals surface area contributed by atoms with Crippen LogP contribution in [0, 0.1) is 13.8 Å². The minimum atomic E-state index is -3.55. The molecule has 0 spiro atoms. The number of hydrogen-bond acceptors (Lipinski definition) is 4. The Morgan fingerprint density at radius 3 is 2.10 bits per heavy atom. The molecule has 6 nitrogen and oxygen atoms in total. The van der Waals surface area contributed by atoms with Crippen molar-refractivity contribution in [2.75, 3.05) is 26.2 Å². The van der Waals surface area contributed by atoms with Crippen LogP contribution < -0.4 is 4.74 Å². The van der Waals surface area contributed by atoms with Crippen LogP contribution in [0.25, 0.3) is 0 Å². The maximum Gasteiger partial charge on any atom is 0.253 e. The molecule has 1 aliphatic heterocycles. The van der Waals surface area contributed by atoms with E-state index in [0.717, 1.165) is 16.9 Å². The Bertz CT molecular complexity index is 976. The van der Waals surface area contributed by atoms with Crippen molar-refractivity contribution in [3.63, 3.8) is 0 Å². The van der Waals surface area contributed by atoms with Crippen LogP contribution in [0.5, 0.6) is 5.75 Å². The topological polar surface area (TPSA) is 66.9 Å². The van der Waals surface area contributed by atoms with Gasteiger partial charge in [-0.05, 0) is 75.2 Å². The molecule has 1 amide bonds. The lowest BCUT2D eigenvalue weighted by Crippen LogP contribution is -2.50. The zero-order valence-corrected chi connectivity index (χ0v) is 18.2. The van der Waals surface area contributed by atoms with Gasteiger partial charge in [-0.15, -0.1) is 0 Å². The molecule has 0 N–H and O–H groups in total. The fraction of sp³-hybridized carbons (Fsp3) is 0.409. The highest BCUT2D eigenvalue weighted by Crippen LogP contribution is 2.21. The molecule has 0 bridgehead atoms. The van der Waals surface area contributed by atoms with Gasteiger partial charge in [-0.1, -0.05) is 6.07 Å². The van der Waals surface area contributed by atoms with Gasteiger partial charge in [-0.3, -0.25) is 4.79 Å². The van der Waals surface area contributed by atoms with E-state index in [1.54, 1.807) is 41.3 Å². The molecule has 156 valence electrons. The van der Waals surface area contributed by atoms with E-state index >= 15 is 0 Å². The number of carbonyl (C=O) groups is 1. The van der Waals surface area contributed by atoms with E-state index in [1.807, 2.05) is 33.8 Å². The van der Waals surface area contributed by atoms with Crippen LogP contribution in [0.4, 0.5) is 0 Å². The Kier molecular flexibility index (Phi) is 6.29. The SMILES string of the molecule is Cc1ccc(S(=O)(=O)N2CCN(C(=O)c3ccc(OC(C)C)cc3)CC2)cc1C. The van der Waals surface area contributed by atoms with Crippen molar-refractivity contribution in [2.24, 2.45) is 0 Å². The molecule has 2 aromatic carbocycles. The molecule has 3 rings (SSSR count). The molecular formula is C22H28N2O4S. The molecule has 0 aliphatic carbocycles. The van der Waals surface area contributed by atoms with Crippen LogP contribution in [0.1, 0.15) is 35.3 Å². The van der Waals surface area contributed by atoms with Gasteiger partial charge >= 0.3 is 0 Å². The van der Waals surface area contributed by atoms with Gasteiger partial charge in [0.2, 0.25) is 10.0 Å². The van der Waals surface area contributed by atoms with Gasteiger partial charge in [0.1, 0.15) is 5.75 Å². The number of carbonyl (C=O) groups excluding carboxylic acids is 1. The average Bonchev–Trinajstić information content (AvgIpc) is 2.69. The van der Waals surface area contributed by atoms with Gasteiger partial charge in [0.15, 0.2) is 0 Å². The van der Waals surface area contributed by atoms with Crippen molar-refractivity contribution in [1.82, 2.24) is 9.21 Å². The predicted molar refractivity (Wildman–Crippen MR) is 113 cm³/mol. The monoisotopic (exact) mass is 416 g/mol. The zero-order chi connectivity index (χ0) is 21.2. The van der Waals surface area contributed by atoms with Gasteiger partial charge in [0, 0.05) is 31.7 Å². The van der Waals surface area contributed by atoms with E-state index < -0.39 is 10.0 Å². The summed E-state index contributed by atoms with van der Waals surface area (Å²) in [6.45, 7) is 9.07. The summed E-state index contributed by atoms with van der Waals surface area (Å²) in [5, 5.41) is 0. The first kappa shape index (κ1) is 21.3. The molecule has 0 radical (unpaired) electrons. The minimum absolute atomic E-state index is 0.0731. The van der Waals surface area contributed by atoms with Crippen LogP contribution in [-0.4, -0.2) is 55.8 Å². The summed E-state index contributed by atoms with van der Waals surface area (Å²) in [7, 11) is -3.55. The lowest BCUT2D eigenvalue weighted by molar-refractivity contribution is 0.0698. The van der Waals surface area contributed by atoms with E-state index in [4.69, 9.17) is 4.74 Å². The first-order valence-electron chi connectivity index (χ1n) is 9.82. The number of hydrogen-bond donors (Lipinski definition) is 0. The molecule has 0 unspecified atom stereocenters. The summed E-state index contributed by atoms with van der Waals surface area (Å²) in [6, 6.07) is 12.3. The number of sulfonamides is 1. The number of rotatable bonds is 5. The van der Waals surface area contributed by atoms with Gasteiger partial charge in [0.25, 0.3) is 5.91 Å². The van der Waals surface area contributed by atoms with E-state index in [2.05, 4.69) is 0 Å². The van der Waals surface area contributed by atoms with Crippen LogP contribution in [0.15, 0.2) is 47.4 Å². The standard InChI is InChI=1S/C22H28N2O4S/c1-16(2)28-20-8-6-19(7-9-20)22(25)23-11-13-24(14-12-23)29(26,27)21-10-5-17(3)18(4)15-21/h5-10,15-16H,11-14H2,1-4H3. The Hall–Kier alpha value is -2.38. The summed E-state index contributed by atoms with van der Waals surface area (Å²) in [5.41, 5.74) is 2.58. The zero-order valence-electron chi connectivity index (χ0n) is 17.4. The molecule has 1 fully saturated rings. The highest BCUT2D eigenvalue weighted by molar-refractivity contribution is 7.89. The van der Waals surface area contributed by atoms with Crippen LogP contribution in [0.3, 0.4) is 0 Å². The Labute approximate surface area is 173 Å². The second kappa shape index (κ2) is 8.55. The molecule has 0 saturated carbocycles. The molecule has 0 atom stereocenters. The molecule has 29 heavy (non-hydrogen) atoms. The molecule has 1 aliphatic rings. The molecule has 2 aromatic rings. The summed E-state index contributed by atoms with van der Waals surface area (Å²) < 4.78 is 32.9. The molecular weight excluding hydrogens is 388 g/mol. The van der Waals surface area contributed by atoms with Gasteiger partial charge in [-0.2, -0.15) is 4.31 Å². The third kappa shape index (κ3) is 4.79. The van der Waals surface area contributed by atoms with Crippen LogP contribution >= 0.6 is 0 Å². The number of benzene rings is 2. The van der Waals surface area contributed by atoms with Crippen LogP contribution in [-0.2, 0) is 10.0 Å². The first-order valence-corrected chi connectivity index (χ1v) is 11.3. The van der Waals surface area contributed by atoms with Crippen molar-refractivity contribution < 1.29 is 17.9 Å². The Morgan fingerprint density at radius 1 is 0.931 bits per heavy atom. The summed E-state index contributed by atoms with van der Waals surface area (Å²) in [4.78, 5) is 14.8. The molecule has 1 saturated heterocycles. The Balaban J connectivity index is 1.65. The quantitative estimate of drug-likeness (QED) is 0.751. The first-order chi connectivity index (χ1) is 13.7. The fourth-order valence-corrected chi connectivity index (χ4v) is 4.79. The fourth-order valence-electron chi connectivity index (χ4n) is 3.29. The normalized spacial score (nSPS) is 15.6. The maximum absolute atomic E-state index is 12.9. The Morgan fingerprint density at radius 2 is 1.55 bits per heavy atom. The van der Waals surface area contributed by atoms with E-state index in [0.29, 0.717) is 23.5 Å². The number of ether oxygens (including phenoxy) is 1. The van der Waals surface area contributed by atoms with E-state index in [9.17, 15) is 13.2 Å². The highest BCUT2D eigenvalue weighted by atomic mass is 32.2. The third-order valence-corrected chi connectivity index (χ3v) is 7.01. The van der Waals surface area contributed by atoms with Gasteiger partial charge in [-0.25, -0.2) is 8.42 Å². The smallest absolute Gasteiger partial charge is 0.253 e. The van der Waals surface area contributed by atoms with Crippen molar-refractivity contribution in [3.05, 3.63) is 59.2 Å². The summed E-state index contributed by atoms with van der Waals surface area (Å²) in [5.74, 6) is 0.630. The van der Waals surface area contributed by atoms with Crippen molar-refractivity contribution in [2.45, 2.75) is 38.7 Å². The average molecular weight is 417 g/mol. The van der Waals surface area contributed by atoms with Crippen molar-refractivity contribution in [1.29, 1.82) is 0 Å². The van der Waals surface area contributed by atoms with Crippen molar-refractivity contribution in [3.8, 4) is 5.75 Å². The summed E-state index contributed by atoms with van der Waals surface area (Å²) >= 11 is 0. The second-order valence-corrected chi connectivity index (χ2v) is 9.57. The van der Waals surface area contributed by atoms with E-state index in [1.165, 1.54) is 4.31 Å². The number of piperazine rings is 1. The predicted octanol–water partition coefficient (Wildman–Crippen LogP) is 3.24. The lowest BCUT2D eigenvalue weighted by atomic mass is 10.1.